The molecule has 1 aromatic rings. The minimum absolute atomic E-state index is 0.636. The van der Waals surface area contributed by atoms with Gasteiger partial charge >= 0.3 is 0 Å². The fourth-order valence-corrected chi connectivity index (χ4v) is 2.05. The van der Waals surface area contributed by atoms with E-state index in [2.05, 4.69) is 57.2 Å². The lowest BCUT2D eigenvalue weighted by Crippen LogP contribution is -1.98. The summed E-state index contributed by atoms with van der Waals surface area (Å²) < 4.78 is 0. The van der Waals surface area contributed by atoms with Crippen LogP contribution in [0.2, 0.25) is 0 Å². The highest BCUT2D eigenvalue weighted by molar-refractivity contribution is 5.62. The van der Waals surface area contributed by atoms with Crippen molar-refractivity contribution < 1.29 is 0 Å². The first-order valence-electron chi connectivity index (χ1n) is 5.63. The maximum absolute atomic E-state index is 2.35. The normalized spacial score (nSPS) is 17.2. The lowest BCUT2D eigenvalue weighted by Gasteiger charge is -2.14. The van der Waals surface area contributed by atoms with Crippen molar-refractivity contribution in [3.63, 3.8) is 0 Å². The quantitative estimate of drug-likeness (QED) is 0.636. The third kappa shape index (κ3) is 2.38. The summed E-state index contributed by atoms with van der Waals surface area (Å²) in [5.41, 5.74) is 5.63. The van der Waals surface area contributed by atoms with Crippen LogP contribution in [0.15, 0.2) is 35.9 Å². The molecule has 0 nitrogen and oxygen atoms in total. The summed E-state index contributed by atoms with van der Waals surface area (Å²) in [6, 6.07) is 6.71. The van der Waals surface area contributed by atoms with Crippen LogP contribution >= 0.6 is 0 Å². The standard InChI is InChI=1S/C15H18/c1-11(2)8-13-5-7-14-9-12(3)4-6-15(14)10-13/h4-9,11H,10H2,1-3H3. The van der Waals surface area contributed by atoms with E-state index in [9.17, 15) is 0 Å². The van der Waals surface area contributed by atoms with Crippen LogP contribution in [-0.2, 0) is 6.42 Å². The summed E-state index contributed by atoms with van der Waals surface area (Å²) in [6.45, 7) is 6.60. The second kappa shape index (κ2) is 4.06. The van der Waals surface area contributed by atoms with Crippen LogP contribution < -0.4 is 0 Å². The van der Waals surface area contributed by atoms with Gasteiger partial charge in [0.15, 0.2) is 0 Å². The predicted octanol–water partition coefficient (Wildman–Crippen LogP) is 4.15. The fourth-order valence-electron chi connectivity index (χ4n) is 2.05. The molecule has 0 amide bonds. The van der Waals surface area contributed by atoms with Gasteiger partial charge in [-0.25, -0.2) is 0 Å². The second-order valence-electron chi connectivity index (χ2n) is 4.70. The summed E-state index contributed by atoms with van der Waals surface area (Å²) in [4.78, 5) is 0. The van der Waals surface area contributed by atoms with Gasteiger partial charge in [-0.05, 0) is 36.0 Å². The van der Waals surface area contributed by atoms with Gasteiger partial charge in [-0.3, -0.25) is 0 Å². The maximum atomic E-state index is 2.35. The summed E-state index contributed by atoms with van der Waals surface area (Å²) in [7, 11) is 0. The van der Waals surface area contributed by atoms with Crippen LogP contribution in [0.25, 0.3) is 6.08 Å². The largest absolute Gasteiger partial charge is 0.0784 e. The Morgan fingerprint density at radius 3 is 2.73 bits per heavy atom. The van der Waals surface area contributed by atoms with Crippen LogP contribution in [0.3, 0.4) is 0 Å². The van der Waals surface area contributed by atoms with E-state index < -0.39 is 0 Å². The number of aryl methyl sites for hydroxylation is 1. The Labute approximate surface area is 92.3 Å². The van der Waals surface area contributed by atoms with Crippen molar-refractivity contribution in [3.8, 4) is 0 Å². The molecule has 0 heteroatoms. The molecule has 0 aliphatic heterocycles. The van der Waals surface area contributed by atoms with Crippen molar-refractivity contribution in [2.45, 2.75) is 27.2 Å². The molecule has 0 saturated carbocycles. The average molecular weight is 198 g/mol. The molecule has 1 aliphatic rings. The Balaban J connectivity index is 2.32. The van der Waals surface area contributed by atoms with E-state index in [-0.39, 0.29) is 0 Å². The lowest BCUT2D eigenvalue weighted by molar-refractivity contribution is 0.820. The summed E-state index contributed by atoms with van der Waals surface area (Å²) in [5.74, 6) is 0.636. The molecular formula is C15H18. The third-order valence-electron chi connectivity index (χ3n) is 2.72. The molecule has 0 unspecified atom stereocenters. The van der Waals surface area contributed by atoms with Crippen molar-refractivity contribution in [1.82, 2.24) is 0 Å². The van der Waals surface area contributed by atoms with Gasteiger partial charge in [0.2, 0.25) is 0 Å². The lowest BCUT2D eigenvalue weighted by atomic mass is 9.91. The number of hydrogen-bond donors (Lipinski definition) is 0. The van der Waals surface area contributed by atoms with Crippen LogP contribution in [-0.4, -0.2) is 0 Å². The number of fused-ring (bicyclic) bond motifs is 1. The van der Waals surface area contributed by atoms with E-state index in [1.54, 1.807) is 0 Å². The molecule has 78 valence electrons. The number of hydrogen-bond acceptors (Lipinski definition) is 0. The highest BCUT2D eigenvalue weighted by Gasteiger charge is 2.07. The van der Waals surface area contributed by atoms with Gasteiger partial charge in [-0.1, -0.05) is 55.8 Å². The maximum Gasteiger partial charge on any atom is -0.00229 e. The highest BCUT2D eigenvalue weighted by Crippen LogP contribution is 2.24. The van der Waals surface area contributed by atoms with E-state index >= 15 is 0 Å². The summed E-state index contributed by atoms with van der Waals surface area (Å²) in [5, 5.41) is 0. The summed E-state index contributed by atoms with van der Waals surface area (Å²) in [6.07, 6.45) is 7.92. The van der Waals surface area contributed by atoms with Crippen molar-refractivity contribution in [2.75, 3.05) is 0 Å². The summed E-state index contributed by atoms with van der Waals surface area (Å²) >= 11 is 0. The van der Waals surface area contributed by atoms with E-state index in [1.165, 1.54) is 22.3 Å². The molecular weight excluding hydrogens is 180 g/mol. The van der Waals surface area contributed by atoms with E-state index in [0.29, 0.717) is 5.92 Å². The van der Waals surface area contributed by atoms with Gasteiger partial charge < -0.3 is 0 Å². The van der Waals surface area contributed by atoms with Gasteiger partial charge in [0, 0.05) is 0 Å². The Kier molecular flexibility index (Phi) is 2.77. The number of allylic oxidation sites excluding steroid dienone is 3. The molecule has 1 aliphatic carbocycles. The SMILES string of the molecule is Cc1ccc2c(c1)C=CC(=CC(C)C)C2. The molecule has 0 spiro atoms. The molecule has 0 radical (unpaired) electrons. The van der Waals surface area contributed by atoms with E-state index in [1.807, 2.05) is 0 Å². The van der Waals surface area contributed by atoms with Gasteiger partial charge in [0.05, 0.1) is 0 Å². The number of rotatable bonds is 1. The molecule has 1 aromatic carbocycles. The van der Waals surface area contributed by atoms with E-state index in [0.717, 1.165) is 6.42 Å². The van der Waals surface area contributed by atoms with Crippen LogP contribution in [0, 0.1) is 12.8 Å². The first-order valence-corrected chi connectivity index (χ1v) is 5.63. The Hall–Kier alpha value is -1.30. The first kappa shape index (κ1) is 10.2. The van der Waals surface area contributed by atoms with Crippen LogP contribution in [0.1, 0.15) is 30.5 Å². The van der Waals surface area contributed by atoms with Gasteiger partial charge in [-0.15, -0.1) is 0 Å². The molecule has 0 atom stereocenters. The molecule has 0 aromatic heterocycles. The third-order valence-corrected chi connectivity index (χ3v) is 2.72. The first-order chi connectivity index (χ1) is 7.15. The second-order valence-corrected chi connectivity index (χ2v) is 4.70. The molecule has 0 bridgehead atoms. The Bertz CT molecular complexity index is 420. The monoisotopic (exact) mass is 198 g/mol. The average Bonchev–Trinajstić information content (AvgIpc) is 2.17. The Morgan fingerprint density at radius 1 is 1.20 bits per heavy atom. The Morgan fingerprint density at radius 2 is 2.00 bits per heavy atom. The minimum atomic E-state index is 0.636. The van der Waals surface area contributed by atoms with Crippen molar-refractivity contribution in [1.29, 1.82) is 0 Å². The minimum Gasteiger partial charge on any atom is -0.0784 e. The van der Waals surface area contributed by atoms with Gasteiger partial charge in [-0.2, -0.15) is 0 Å². The molecule has 0 saturated heterocycles. The predicted molar refractivity (Wildman–Crippen MR) is 66.8 cm³/mol. The van der Waals surface area contributed by atoms with E-state index in [4.69, 9.17) is 0 Å². The molecule has 2 rings (SSSR count). The topological polar surface area (TPSA) is 0 Å². The number of benzene rings is 1. The fraction of sp³-hybridized carbons (Fsp3) is 0.333. The van der Waals surface area contributed by atoms with Crippen LogP contribution in [0.4, 0.5) is 0 Å². The van der Waals surface area contributed by atoms with Gasteiger partial charge in [0.25, 0.3) is 0 Å². The molecule has 0 N–H and O–H groups in total. The zero-order chi connectivity index (χ0) is 10.8. The van der Waals surface area contributed by atoms with Crippen molar-refractivity contribution >= 4 is 6.08 Å². The highest BCUT2D eigenvalue weighted by atomic mass is 14.1. The van der Waals surface area contributed by atoms with Crippen LogP contribution in [0.5, 0.6) is 0 Å². The van der Waals surface area contributed by atoms with Gasteiger partial charge in [0.1, 0.15) is 0 Å². The van der Waals surface area contributed by atoms with Crippen molar-refractivity contribution in [3.05, 3.63) is 52.6 Å². The molecule has 15 heavy (non-hydrogen) atoms. The molecule has 0 heterocycles. The van der Waals surface area contributed by atoms with Crippen molar-refractivity contribution in [2.24, 2.45) is 5.92 Å². The zero-order valence-corrected chi connectivity index (χ0v) is 9.75. The molecule has 0 fully saturated rings. The zero-order valence-electron chi connectivity index (χ0n) is 9.75. The smallest absolute Gasteiger partial charge is 0.00229 e.